The summed E-state index contributed by atoms with van der Waals surface area (Å²) < 4.78 is 5.34. The number of nitrogens with one attached hydrogen (secondary N) is 1. The van der Waals surface area contributed by atoms with Crippen LogP contribution in [0.3, 0.4) is 0 Å². The highest BCUT2D eigenvalue weighted by Crippen LogP contribution is 2.15. The highest BCUT2D eigenvalue weighted by atomic mass is 35.5. The second kappa shape index (κ2) is 11.3. The Labute approximate surface area is 159 Å². The van der Waals surface area contributed by atoms with Crippen molar-refractivity contribution in [3.05, 3.63) is 58.9 Å². The van der Waals surface area contributed by atoms with Crippen LogP contribution in [0.1, 0.15) is 24.3 Å². The van der Waals surface area contributed by atoms with Gasteiger partial charge in [-0.2, -0.15) is 0 Å². The molecule has 2 atom stereocenters. The molecule has 0 spiro atoms. The normalized spacial score (nSPS) is 13.0. The minimum absolute atomic E-state index is 0. The first-order chi connectivity index (χ1) is 11.6. The van der Waals surface area contributed by atoms with Crippen LogP contribution in [0.2, 0.25) is 5.15 Å². The Kier molecular flexibility index (Phi) is 9.78. The van der Waals surface area contributed by atoms with Gasteiger partial charge in [-0.1, -0.05) is 29.8 Å². The van der Waals surface area contributed by atoms with E-state index in [2.05, 4.69) is 17.2 Å². The molecule has 0 saturated carbocycles. The van der Waals surface area contributed by atoms with E-state index in [4.69, 9.17) is 21.4 Å². The summed E-state index contributed by atoms with van der Waals surface area (Å²) in [5.74, 6) is 0.746. The van der Waals surface area contributed by atoms with Gasteiger partial charge >= 0.3 is 0 Å². The maximum Gasteiger partial charge on any atom is 0.129 e. The minimum atomic E-state index is -0.694. The van der Waals surface area contributed by atoms with Gasteiger partial charge in [0.25, 0.3) is 0 Å². The van der Waals surface area contributed by atoms with E-state index in [0.717, 1.165) is 12.2 Å². The van der Waals surface area contributed by atoms with Crippen molar-refractivity contribution in [3.63, 3.8) is 0 Å². The fraction of sp³-hybridized carbons (Fsp3) is 0.389. The standard InChI is InChI=1S/C18H23ClN2O3.ClH/c1-13(11-14-5-7-15(8-6-14)24-10-9-22)20-12-17(23)16-3-2-4-18(19)21-16;/h2-8,13,17,20,22-23H,9-12H2,1H3;1H. The molecule has 0 fully saturated rings. The number of ether oxygens (including phenoxy) is 1. The van der Waals surface area contributed by atoms with E-state index in [0.29, 0.717) is 24.0 Å². The fourth-order valence-electron chi connectivity index (χ4n) is 2.34. The Bertz CT molecular complexity index is 626. The zero-order valence-electron chi connectivity index (χ0n) is 14.1. The summed E-state index contributed by atoms with van der Waals surface area (Å²) in [6.45, 7) is 2.78. The van der Waals surface area contributed by atoms with E-state index < -0.39 is 6.10 Å². The quantitative estimate of drug-likeness (QED) is 0.577. The summed E-state index contributed by atoms with van der Waals surface area (Å²) in [6, 6.07) is 13.2. The number of halogens is 2. The van der Waals surface area contributed by atoms with Gasteiger partial charge in [0.15, 0.2) is 0 Å². The molecule has 2 aromatic rings. The molecule has 25 heavy (non-hydrogen) atoms. The van der Waals surface area contributed by atoms with Gasteiger partial charge in [0, 0.05) is 12.6 Å². The predicted molar refractivity (Wildman–Crippen MR) is 102 cm³/mol. The van der Waals surface area contributed by atoms with Crippen molar-refractivity contribution in [2.45, 2.75) is 25.5 Å². The monoisotopic (exact) mass is 386 g/mol. The van der Waals surface area contributed by atoms with E-state index in [9.17, 15) is 5.11 Å². The molecule has 1 aromatic heterocycles. The maximum absolute atomic E-state index is 10.2. The minimum Gasteiger partial charge on any atom is -0.491 e. The van der Waals surface area contributed by atoms with Crippen LogP contribution in [-0.4, -0.2) is 41.0 Å². The van der Waals surface area contributed by atoms with Crippen LogP contribution in [-0.2, 0) is 6.42 Å². The van der Waals surface area contributed by atoms with E-state index in [1.54, 1.807) is 18.2 Å². The summed E-state index contributed by atoms with van der Waals surface area (Å²) in [7, 11) is 0. The number of aliphatic hydroxyl groups is 2. The third kappa shape index (κ3) is 7.59. The summed E-state index contributed by atoms with van der Waals surface area (Å²) in [6.07, 6.45) is 0.135. The number of aliphatic hydroxyl groups excluding tert-OH is 2. The zero-order valence-corrected chi connectivity index (χ0v) is 15.6. The van der Waals surface area contributed by atoms with Crippen molar-refractivity contribution in [1.82, 2.24) is 10.3 Å². The molecule has 0 amide bonds. The molecule has 0 aliphatic rings. The van der Waals surface area contributed by atoms with Crippen LogP contribution in [0.5, 0.6) is 5.75 Å². The molecular formula is C18H24Cl2N2O3. The van der Waals surface area contributed by atoms with Crippen LogP contribution >= 0.6 is 24.0 Å². The van der Waals surface area contributed by atoms with E-state index in [1.807, 2.05) is 24.3 Å². The number of benzene rings is 1. The summed E-state index contributed by atoms with van der Waals surface area (Å²) >= 11 is 5.84. The third-order valence-corrected chi connectivity index (χ3v) is 3.77. The number of hydrogen-bond acceptors (Lipinski definition) is 5. The molecule has 0 aliphatic carbocycles. The number of nitrogens with zero attached hydrogens (tertiary/aromatic N) is 1. The fourth-order valence-corrected chi connectivity index (χ4v) is 2.51. The lowest BCUT2D eigenvalue weighted by Crippen LogP contribution is -2.32. The number of hydrogen-bond donors (Lipinski definition) is 3. The molecule has 7 heteroatoms. The Hall–Kier alpha value is -1.37. The Balaban J connectivity index is 0.00000312. The van der Waals surface area contributed by atoms with Gasteiger partial charge in [-0.25, -0.2) is 4.98 Å². The van der Waals surface area contributed by atoms with Gasteiger partial charge in [0.2, 0.25) is 0 Å². The first kappa shape index (κ1) is 21.7. The molecule has 1 heterocycles. The number of rotatable bonds is 9. The third-order valence-electron chi connectivity index (χ3n) is 3.56. The van der Waals surface area contributed by atoms with E-state index in [-0.39, 0.29) is 25.1 Å². The predicted octanol–water partition coefficient (Wildman–Crippen LogP) is 2.78. The summed E-state index contributed by atoms with van der Waals surface area (Å²) in [5, 5.41) is 22.6. The largest absolute Gasteiger partial charge is 0.491 e. The van der Waals surface area contributed by atoms with Gasteiger partial charge in [0.05, 0.1) is 12.3 Å². The summed E-state index contributed by atoms with van der Waals surface area (Å²) in [4.78, 5) is 4.11. The Morgan fingerprint density at radius 2 is 1.92 bits per heavy atom. The second-order valence-electron chi connectivity index (χ2n) is 5.63. The average molecular weight is 387 g/mol. The highest BCUT2D eigenvalue weighted by molar-refractivity contribution is 6.29. The SMILES string of the molecule is CC(Cc1ccc(OCCO)cc1)NCC(O)c1cccc(Cl)n1.Cl. The molecule has 3 N–H and O–H groups in total. The molecule has 138 valence electrons. The average Bonchev–Trinajstić information content (AvgIpc) is 2.59. The van der Waals surface area contributed by atoms with Gasteiger partial charge in [-0.15, -0.1) is 12.4 Å². The maximum atomic E-state index is 10.2. The van der Waals surface area contributed by atoms with Crippen molar-refractivity contribution in [2.24, 2.45) is 0 Å². The molecule has 0 radical (unpaired) electrons. The zero-order chi connectivity index (χ0) is 17.4. The molecule has 2 unspecified atom stereocenters. The summed E-state index contributed by atoms with van der Waals surface area (Å²) in [5.41, 5.74) is 1.73. The van der Waals surface area contributed by atoms with Crippen LogP contribution in [0.25, 0.3) is 0 Å². The molecule has 1 aromatic carbocycles. The lowest BCUT2D eigenvalue weighted by Gasteiger charge is -2.17. The van der Waals surface area contributed by atoms with Gasteiger partial charge in [-0.3, -0.25) is 0 Å². The molecule has 2 rings (SSSR count). The van der Waals surface area contributed by atoms with Crippen LogP contribution in [0.15, 0.2) is 42.5 Å². The number of aromatic nitrogens is 1. The van der Waals surface area contributed by atoms with Crippen LogP contribution in [0, 0.1) is 0 Å². The van der Waals surface area contributed by atoms with Crippen LogP contribution in [0.4, 0.5) is 0 Å². The lowest BCUT2D eigenvalue weighted by molar-refractivity contribution is 0.166. The van der Waals surface area contributed by atoms with E-state index >= 15 is 0 Å². The number of pyridine rings is 1. The second-order valence-corrected chi connectivity index (χ2v) is 6.02. The van der Waals surface area contributed by atoms with Gasteiger partial charge in [-0.05, 0) is 43.2 Å². The highest BCUT2D eigenvalue weighted by Gasteiger charge is 2.11. The molecule has 0 bridgehead atoms. The lowest BCUT2D eigenvalue weighted by atomic mass is 10.1. The van der Waals surface area contributed by atoms with Crippen molar-refractivity contribution >= 4 is 24.0 Å². The van der Waals surface area contributed by atoms with Crippen molar-refractivity contribution < 1.29 is 14.9 Å². The van der Waals surface area contributed by atoms with Crippen molar-refractivity contribution in [3.8, 4) is 5.75 Å². The smallest absolute Gasteiger partial charge is 0.129 e. The van der Waals surface area contributed by atoms with Gasteiger partial charge < -0.3 is 20.3 Å². The first-order valence-electron chi connectivity index (χ1n) is 7.95. The first-order valence-corrected chi connectivity index (χ1v) is 8.33. The topological polar surface area (TPSA) is 74.6 Å². The van der Waals surface area contributed by atoms with Crippen LogP contribution < -0.4 is 10.1 Å². The van der Waals surface area contributed by atoms with Crippen molar-refractivity contribution in [1.29, 1.82) is 0 Å². The molecule has 0 aliphatic heterocycles. The molecule has 5 nitrogen and oxygen atoms in total. The van der Waals surface area contributed by atoms with E-state index in [1.165, 1.54) is 5.56 Å². The molecular weight excluding hydrogens is 363 g/mol. The Morgan fingerprint density at radius 3 is 2.56 bits per heavy atom. The molecule has 0 saturated heterocycles. The van der Waals surface area contributed by atoms with Gasteiger partial charge in [0.1, 0.15) is 23.6 Å². The van der Waals surface area contributed by atoms with Crippen molar-refractivity contribution in [2.75, 3.05) is 19.8 Å². The Morgan fingerprint density at radius 1 is 1.20 bits per heavy atom.